The van der Waals surface area contributed by atoms with Crippen LogP contribution in [0.4, 0.5) is 4.39 Å². The summed E-state index contributed by atoms with van der Waals surface area (Å²) in [5, 5.41) is 2.68. The number of hydrogen-bond donors (Lipinski definition) is 2. The molecular formula is C22H20ClFN2O3S. The smallest absolute Gasteiger partial charge is 0.251 e. The molecule has 2 N–H and O–H groups in total. The van der Waals surface area contributed by atoms with Crippen molar-refractivity contribution < 1.29 is 17.6 Å². The molecule has 0 aromatic heterocycles. The predicted molar refractivity (Wildman–Crippen MR) is 114 cm³/mol. The zero-order chi connectivity index (χ0) is 21.6. The second kappa shape index (κ2) is 9.84. The normalized spacial score (nSPS) is 11.3. The maximum absolute atomic E-state index is 13.7. The SMILES string of the molecule is O=C(NCCc1ccccc1F)c1ccc(Cl)c(S(=O)(=O)NCc2ccccc2)c1. The summed E-state index contributed by atoms with van der Waals surface area (Å²) in [7, 11) is -3.93. The van der Waals surface area contributed by atoms with E-state index in [4.69, 9.17) is 11.6 Å². The molecule has 156 valence electrons. The number of amides is 1. The van der Waals surface area contributed by atoms with Crippen LogP contribution in [0.15, 0.2) is 77.7 Å². The van der Waals surface area contributed by atoms with Crippen molar-refractivity contribution in [1.82, 2.24) is 10.0 Å². The third-order valence-electron chi connectivity index (χ3n) is 4.43. The molecule has 0 heterocycles. The first-order chi connectivity index (χ1) is 14.4. The Bertz CT molecular complexity index is 1140. The van der Waals surface area contributed by atoms with Crippen molar-refractivity contribution in [3.63, 3.8) is 0 Å². The molecule has 1 amide bonds. The van der Waals surface area contributed by atoms with Crippen molar-refractivity contribution in [1.29, 1.82) is 0 Å². The highest BCUT2D eigenvalue weighted by molar-refractivity contribution is 7.89. The fourth-order valence-electron chi connectivity index (χ4n) is 2.82. The van der Waals surface area contributed by atoms with Crippen molar-refractivity contribution in [3.05, 3.63) is 100 Å². The first-order valence-corrected chi connectivity index (χ1v) is 11.1. The molecule has 0 radical (unpaired) electrons. The highest BCUT2D eigenvalue weighted by atomic mass is 35.5. The Kier molecular flexibility index (Phi) is 7.20. The molecule has 3 aromatic rings. The lowest BCUT2D eigenvalue weighted by atomic mass is 10.1. The second-order valence-corrected chi connectivity index (χ2v) is 8.70. The molecule has 0 aliphatic rings. The lowest BCUT2D eigenvalue weighted by molar-refractivity contribution is 0.0954. The van der Waals surface area contributed by atoms with Gasteiger partial charge in [0, 0.05) is 18.7 Å². The maximum atomic E-state index is 13.7. The molecule has 0 saturated heterocycles. The van der Waals surface area contributed by atoms with E-state index in [0.717, 1.165) is 5.56 Å². The average Bonchev–Trinajstić information content (AvgIpc) is 2.74. The summed E-state index contributed by atoms with van der Waals surface area (Å²) in [5.41, 5.74) is 1.43. The summed E-state index contributed by atoms with van der Waals surface area (Å²) >= 11 is 6.08. The Morgan fingerprint density at radius 1 is 0.967 bits per heavy atom. The molecule has 0 aliphatic carbocycles. The van der Waals surface area contributed by atoms with Gasteiger partial charge in [0.1, 0.15) is 10.7 Å². The van der Waals surface area contributed by atoms with Crippen LogP contribution < -0.4 is 10.0 Å². The summed E-state index contributed by atoms with van der Waals surface area (Å²) < 4.78 is 41.5. The van der Waals surface area contributed by atoms with Crippen LogP contribution in [-0.4, -0.2) is 20.9 Å². The van der Waals surface area contributed by atoms with Crippen LogP contribution in [-0.2, 0) is 23.0 Å². The van der Waals surface area contributed by atoms with Gasteiger partial charge in [-0.25, -0.2) is 17.5 Å². The van der Waals surface area contributed by atoms with Crippen molar-refractivity contribution in [2.45, 2.75) is 17.9 Å². The summed E-state index contributed by atoms with van der Waals surface area (Å²) in [6, 6.07) is 19.4. The summed E-state index contributed by atoms with van der Waals surface area (Å²) in [6.45, 7) is 0.301. The van der Waals surface area contributed by atoms with E-state index in [1.54, 1.807) is 30.3 Å². The third-order valence-corrected chi connectivity index (χ3v) is 6.31. The van der Waals surface area contributed by atoms with Gasteiger partial charge in [-0.3, -0.25) is 4.79 Å². The minimum Gasteiger partial charge on any atom is -0.352 e. The number of carbonyl (C=O) groups excluding carboxylic acids is 1. The quantitative estimate of drug-likeness (QED) is 0.550. The number of carbonyl (C=O) groups is 1. The van der Waals surface area contributed by atoms with E-state index in [0.29, 0.717) is 12.0 Å². The number of sulfonamides is 1. The van der Waals surface area contributed by atoms with Crippen molar-refractivity contribution in [3.8, 4) is 0 Å². The highest BCUT2D eigenvalue weighted by Gasteiger charge is 2.20. The van der Waals surface area contributed by atoms with E-state index < -0.39 is 15.9 Å². The van der Waals surface area contributed by atoms with Crippen molar-refractivity contribution in [2.75, 3.05) is 6.54 Å². The minimum atomic E-state index is -3.93. The van der Waals surface area contributed by atoms with E-state index in [-0.39, 0.29) is 34.4 Å². The standard InChI is InChI=1S/C22H20ClFN2O3S/c23-19-11-10-18(22(27)25-13-12-17-8-4-5-9-20(17)24)14-21(19)30(28,29)26-15-16-6-2-1-3-7-16/h1-11,14,26H,12-13,15H2,(H,25,27). The largest absolute Gasteiger partial charge is 0.352 e. The maximum Gasteiger partial charge on any atom is 0.251 e. The first-order valence-electron chi connectivity index (χ1n) is 9.21. The zero-order valence-electron chi connectivity index (χ0n) is 15.9. The third kappa shape index (κ3) is 5.66. The van der Waals surface area contributed by atoms with E-state index in [1.165, 1.54) is 24.3 Å². The van der Waals surface area contributed by atoms with Crippen LogP contribution in [0.1, 0.15) is 21.5 Å². The molecule has 0 fully saturated rings. The van der Waals surface area contributed by atoms with Crippen LogP contribution in [0.3, 0.4) is 0 Å². The van der Waals surface area contributed by atoms with Crippen molar-refractivity contribution in [2.24, 2.45) is 0 Å². The van der Waals surface area contributed by atoms with E-state index in [2.05, 4.69) is 10.0 Å². The van der Waals surface area contributed by atoms with Crippen LogP contribution in [0.25, 0.3) is 0 Å². The number of nitrogens with one attached hydrogen (secondary N) is 2. The summed E-state index contributed by atoms with van der Waals surface area (Å²) in [4.78, 5) is 12.2. The number of hydrogen-bond acceptors (Lipinski definition) is 3. The van der Waals surface area contributed by atoms with E-state index in [9.17, 15) is 17.6 Å². The van der Waals surface area contributed by atoms with Gasteiger partial charge in [-0.1, -0.05) is 60.1 Å². The average molecular weight is 447 g/mol. The molecule has 0 aliphatic heterocycles. The van der Waals surface area contributed by atoms with Gasteiger partial charge >= 0.3 is 0 Å². The molecule has 5 nitrogen and oxygen atoms in total. The van der Waals surface area contributed by atoms with Gasteiger partial charge in [0.2, 0.25) is 10.0 Å². The minimum absolute atomic E-state index is 0.0125. The first kappa shape index (κ1) is 22.0. The fraction of sp³-hybridized carbons (Fsp3) is 0.136. The van der Waals surface area contributed by atoms with E-state index in [1.807, 2.05) is 18.2 Å². The molecule has 3 rings (SSSR count). The Labute approximate surface area is 179 Å². The van der Waals surface area contributed by atoms with Gasteiger partial charge in [0.05, 0.1) is 5.02 Å². The highest BCUT2D eigenvalue weighted by Crippen LogP contribution is 2.23. The number of halogens is 2. The van der Waals surface area contributed by atoms with Gasteiger partial charge in [-0.15, -0.1) is 0 Å². The van der Waals surface area contributed by atoms with Crippen LogP contribution in [0.5, 0.6) is 0 Å². The molecular weight excluding hydrogens is 427 g/mol. The molecule has 8 heteroatoms. The van der Waals surface area contributed by atoms with Gasteiger partial charge in [-0.05, 0) is 41.8 Å². The van der Waals surface area contributed by atoms with Gasteiger partial charge in [-0.2, -0.15) is 0 Å². The van der Waals surface area contributed by atoms with Gasteiger partial charge in [0.25, 0.3) is 5.91 Å². The van der Waals surface area contributed by atoms with Gasteiger partial charge in [0.15, 0.2) is 0 Å². The second-order valence-electron chi connectivity index (χ2n) is 6.55. The zero-order valence-corrected chi connectivity index (χ0v) is 17.5. The van der Waals surface area contributed by atoms with Crippen molar-refractivity contribution >= 4 is 27.5 Å². The number of benzene rings is 3. The fourth-order valence-corrected chi connectivity index (χ4v) is 4.36. The van der Waals surface area contributed by atoms with Crippen LogP contribution >= 0.6 is 11.6 Å². The molecule has 3 aromatic carbocycles. The van der Waals surface area contributed by atoms with Crippen LogP contribution in [0.2, 0.25) is 5.02 Å². The topological polar surface area (TPSA) is 75.3 Å². The Hall–Kier alpha value is -2.74. The number of rotatable bonds is 8. The Morgan fingerprint density at radius 2 is 1.67 bits per heavy atom. The van der Waals surface area contributed by atoms with Crippen LogP contribution in [0, 0.1) is 5.82 Å². The lowest BCUT2D eigenvalue weighted by Gasteiger charge is -2.11. The van der Waals surface area contributed by atoms with Gasteiger partial charge < -0.3 is 5.32 Å². The Morgan fingerprint density at radius 3 is 2.40 bits per heavy atom. The molecule has 0 atom stereocenters. The molecule has 0 saturated carbocycles. The summed E-state index contributed by atoms with van der Waals surface area (Å²) in [6.07, 6.45) is 0.315. The molecule has 30 heavy (non-hydrogen) atoms. The lowest BCUT2D eigenvalue weighted by Crippen LogP contribution is -2.27. The Balaban J connectivity index is 1.67. The predicted octanol–water partition coefficient (Wildman–Crippen LogP) is 3.93. The molecule has 0 unspecified atom stereocenters. The molecule has 0 spiro atoms. The van der Waals surface area contributed by atoms with E-state index >= 15 is 0 Å². The monoisotopic (exact) mass is 446 g/mol. The summed E-state index contributed by atoms with van der Waals surface area (Å²) in [5.74, 6) is -0.807. The molecule has 0 bridgehead atoms.